The molecule has 3 N–H and O–H groups in total. The highest BCUT2D eigenvalue weighted by molar-refractivity contribution is 7.11. The van der Waals surface area contributed by atoms with Gasteiger partial charge in [0.1, 0.15) is 10.8 Å². The van der Waals surface area contributed by atoms with E-state index in [0.717, 1.165) is 16.1 Å². The maximum absolute atomic E-state index is 11.6. The molecule has 6 heteroatoms. The Bertz CT molecular complexity index is 565. The lowest BCUT2D eigenvalue weighted by molar-refractivity contribution is -0.126. The molecule has 0 bridgehead atoms. The van der Waals surface area contributed by atoms with Crippen LogP contribution in [0.2, 0.25) is 0 Å². The molecule has 1 heterocycles. The summed E-state index contributed by atoms with van der Waals surface area (Å²) in [6.45, 7) is 0.231. The third-order valence-corrected chi connectivity index (χ3v) is 3.50. The van der Waals surface area contributed by atoms with Crippen LogP contribution in [0.4, 0.5) is 10.8 Å². The van der Waals surface area contributed by atoms with Crippen molar-refractivity contribution in [3.63, 3.8) is 0 Å². The number of nitrogen functional groups attached to an aromatic ring is 1. The number of nitrogens with two attached hydrogens (primary N) is 1. The number of aromatic nitrogens is 1. The van der Waals surface area contributed by atoms with Gasteiger partial charge in [-0.15, -0.1) is 0 Å². The van der Waals surface area contributed by atoms with E-state index >= 15 is 0 Å². The number of benzene rings is 1. The minimum atomic E-state index is 0.00554. The normalized spacial score (nSPS) is 10.2. The van der Waals surface area contributed by atoms with Gasteiger partial charge in [-0.25, -0.2) is 0 Å². The number of carbonyl (C=O) groups is 1. The van der Waals surface area contributed by atoms with Crippen LogP contribution < -0.4 is 11.1 Å². The number of nitrogens with one attached hydrogen (secondary N) is 1. The van der Waals surface area contributed by atoms with Crippen LogP contribution in [0, 0.1) is 0 Å². The summed E-state index contributed by atoms with van der Waals surface area (Å²) in [7, 11) is 3.45. The van der Waals surface area contributed by atoms with Crippen molar-refractivity contribution in [3.8, 4) is 11.1 Å². The highest BCUT2D eigenvalue weighted by atomic mass is 32.1. The van der Waals surface area contributed by atoms with E-state index in [1.807, 2.05) is 30.3 Å². The number of hydrogen-bond acceptors (Lipinski definition) is 5. The van der Waals surface area contributed by atoms with Crippen molar-refractivity contribution in [2.24, 2.45) is 0 Å². The molecule has 0 saturated heterocycles. The van der Waals surface area contributed by atoms with Gasteiger partial charge >= 0.3 is 0 Å². The summed E-state index contributed by atoms with van der Waals surface area (Å²) < 4.78 is 4.15. The van der Waals surface area contributed by atoms with Gasteiger partial charge in [-0.2, -0.15) is 4.37 Å². The Morgan fingerprint density at radius 1 is 1.37 bits per heavy atom. The smallest absolute Gasteiger partial charge is 0.241 e. The van der Waals surface area contributed by atoms with E-state index in [-0.39, 0.29) is 12.5 Å². The molecule has 0 aliphatic rings. The summed E-state index contributed by atoms with van der Waals surface area (Å²) in [5, 5.41) is 3.92. The Hall–Kier alpha value is -2.08. The minimum absolute atomic E-state index is 0.00554. The van der Waals surface area contributed by atoms with E-state index in [0.29, 0.717) is 5.82 Å². The zero-order chi connectivity index (χ0) is 13.8. The number of carbonyl (C=O) groups excluding carboxylic acids is 1. The van der Waals surface area contributed by atoms with Crippen LogP contribution in [0.1, 0.15) is 0 Å². The largest absolute Gasteiger partial charge is 0.382 e. The zero-order valence-corrected chi connectivity index (χ0v) is 11.7. The van der Waals surface area contributed by atoms with Crippen LogP contribution >= 0.6 is 11.5 Å². The lowest BCUT2D eigenvalue weighted by Gasteiger charge is -2.11. The van der Waals surface area contributed by atoms with Crippen molar-refractivity contribution >= 4 is 28.3 Å². The molecule has 5 nitrogen and oxygen atoms in total. The predicted octanol–water partition coefficient (Wildman–Crippen LogP) is 1.89. The fourth-order valence-electron chi connectivity index (χ4n) is 1.62. The Morgan fingerprint density at radius 2 is 2.05 bits per heavy atom. The van der Waals surface area contributed by atoms with E-state index in [1.54, 1.807) is 19.0 Å². The van der Waals surface area contributed by atoms with E-state index in [2.05, 4.69) is 9.69 Å². The summed E-state index contributed by atoms with van der Waals surface area (Å²) in [5.74, 6) is 0.488. The fourth-order valence-corrected chi connectivity index (χ4v) is 2.35. The summed E-state index contributed by atoms with van der Waals surface area (Å²) in [6.07, 6.45) is 0. The van der Waals surface area contributed by atoms with E-state index in [1.165, 1.54) is 11.5 Å². The lowest BCUT2D eigenvalue weighted by Crippen LogP contribution is -2.28. The van der Waals surface area contributed by atoms with Gasteiger partial charge in [-0.1, -0.05) is 30.3 Å². The summed E-state index contributed by atoms with van der Waals surface area (Å²) >= 11 is 1.27. The minimum Gasteiger partial charge on any atom is -0.382 e. The van der Waals surface area contributed by atoms with Crippen molar-refractivity contribution in [2.45, 2.75) is 0 Å². The maximum atomic E-state index is 11.6. The molecular formula is C13H16N4OS. The molecule has 0 atom stereocenters. The molecule has 1 aromatic heterocycles. The summed E-state index contributed by atoms with van der Waals surface area (Å²) in [6, 6.07) is 9.78. The third-order valence-electron chi connectivity index (χ3n) is 2.68. The van der Waals surface area contributed by atoms with Crippen LogP contribution in [0.5, 0.6) is 0 Å². The van der Waals surface area contributed by atoms with E-state index in [4.69, 9.17) is 5.73 Å². The molecule has 0 unspecified atom stereocenters. The first-order valence-electron chi connectivity index (χ1n) is 5.84. The second-order valence-corrected chi connectivity index (χ2v) is 5.05. The van der Waals surface area contributed by atoms with Gasteiger partial charge in [-0.3, -0.25) is 4.79 Å². The molecule has 1 amide bonds. The van der Waals surface area contributed by atoms with Crippen LogP contribution in [-0.2, 0) is 4.79 Å². The number of likely N-dealkylation sites (N-methyl/N-ethyl adjacent to an activating group) is 1. The molecule has 0 aliphatic carbocycles. The summed E-state index contributed by atoms with van der Waals surface area (Å²) in [5.41, 5.74) is 7.76. The molecule has 19 heavy (non-hydrogen) atoms. The molecule has 0 aliphatic heterocycles. The fraction of sp³-hybridized carbons (Fsp3) is 0.231. The van der Waals surface area contributed by atoms with E-state index in [9.17, 15) is 4.79 Å². The van der Waals surface area contributed by atoms with Crippen molar-refractivity contribution in [1.29, 1.82) is 0 Å². The van der Waals surface area contributed by atoms with Crippen molar-refractivity contribution < 1.29 is 4.79 Å². The first-order chi connectivity index (χ1) is 9.09. The third kappa shape index (κ3) is 3.03. The zero-order valence-electron chi connectivity index (χ0n) is 10.9. The summed E-state index contributed by atoms with van der Waals surface area (Å²) in [4.78, 5) is 13.1. The predicted molar refractivity (Wildman–Crippen MR) is 79.1 cm³/mol. The quantitative estimate of drug-likeness (QED) is 0.894. The van der Waals surface area contributed by atoms with Gasteiger partial charge in [-0.05, 0) is 17.1 Å². The SMILES string of the molecule is CN(C)C(=O)CNc1snc(N)c1-c1ccccc1. The van der Waals surface area contributed by atoms with Crippen molar-refractivity contribution in [3.05, 3.63) is 30.3 Å². The molecule has 2 aromatic rings. The number of rotatable bonds is 4. The van der Waals surface area contributed by atoms with Crippen LogP contribution in [-0.4, -0.2) is 35.8 Å². The average molecular weight is 276 g/mol. The highest BCUT2D eigenvalue weighted by Gasteiger charge is 2.14. The second-order valence-electron chi connectivity index (χ2n) is 4.28. The highest BCUT2D eigenvalue weighted by Crippen LogP contribution is 2.36. The number of hydrogen-bond donors (Lipinski definition) is 2. The number of nitrogens with zero attached hydrogens (tertiary/aromatic N) is 2. The molecule has 0 fully saturated rings. The number of amides is 1. The maximum Gasteiger partial charge on any atom is 0.241 e. The standard InChI is InChI=1S/C13H16N4OS/c1-17(2)10(18)8-15-13-11(12(14)16-19-13)9-6-4-3-5-7-9/h3-7,15H,8H2,1-2H3,(H2,14,16). The molecule has 2 rings (SSSR count). The van der Waals surface area contributed by atoms with Gasteiger partial charge < -0.3 is 16.0 Å². The van der Waals surface area contributed by atoms with Gasteiger partial charge in [0.15, 0.2) is 0 Å². The molecule has 0 saturated carbocycles. The molecule has 0 radical (unpaired) electrons. The molecule has 0 spiro atoms. The van der Waals surface area contributed by atoms with Crippen LogP contribution in [0.15, 0.2) is 30.3 Å². The Kier molecular flexibility index (Phi) is 4.01. The Balaban J connectivity index is 2.21. The molecule has 100 valence electrons. The Labute approximate surface area is 116 Å². The number of anilines is 2. The van der Waals surface area contributed by atoms with Crippen molar-refractivity contribution in [2.75, 3.05) is 31.7 Å². The first kappa shape index (κ1) is 13.4. The lowest BCUT2D eigenvalue weighted by atomic mass is 10.1. The van der Waals surface area contributed by atoms with Gasteiger partial charge in [0.25, 0.3) is 0 Å². The van der Waals surface area contributed by atoms with Crippen molar-refractivity contribution in [1.82, 2.24) is 9.27 Å². The molecular weight excluding hydrogens is 260 g/mol. The first-order valence-corrected chi connectivity index (χ1v) is 6.61. The van der Waals surface area contributed by atoms with E-state index < -0.39 is 0 Å². The van der Waals surface area contributed by atoms with Crippen LogP contribution in [0.3, 0.4) is 0 Å². The van der Waals surface area contributed by atoms with Gasteiger partial charge in [0, 0.05) is 14.1 Å². The van der Waals surface area contributed by atoms with Gasteiger partial charge in [0.05, 0.1) is 12.1 Å². The topological polar surface area (TPSA) is 71.2 Å². The Morgan fingerprint density at radius 3 is 2.68 bits per heavy atom. The van der Waals surface area contributed by atoms with Gasteiger partial charge in [0.2, 0.25) is 5.91 Å². The monoisotopic (exact) mass is 276 g/mol. The average Bonchev–Trinajstić information content (AvgIpc) is 2.78. The second kappa shape index (κ2) is 5.71. The van der Waals surface area contributed by atoms with Crippen LogP contribution in [0.25, 0.3) is 11.1 Å². The molecule has 1 aromatic carbocycles.